The van der Waals surface area contributed by atoms with Gasteiger partial charge in [-0.15, -0.1) is 0 Å². The quantitative estimate of drug-likeness (QED) is 0.318. The van der Waals surface area contributed by atoms with E-state index in [-0.39, 0.29) is 29.4 Å². The highest BCUT2D eigenvalue weighted by atomic mass is 32.2. The molecule has 2 atom stereocenters. The minimum Gasteiger partial charge on any atom is -0.497 e. The van der Waals surface area contributed by atoms with Crippen LogP contribution in [0.1, 0.15) is 30.0 Å². The molecule has 1 saturated heterocycles. The maximum Gasteiger partial charge on any atom is 0.247 e. The predicted octanol–water partition coefficient (Wildman–Crippen LogP) is 4.85. The Balaban J connectivity index is 1.37. The van der Waals surface area contributed by atoms with Gasteiger partial charge < -0.3 is 4.74 Å². The first-order valence-electron chi connectivity index (χ1n) is 11.3. The van der Waals surface area contributed by atoms with Crippen LogP contribution in [0.2, 0.25) is 0 Å². The van der Waals surface area contributed by atoms with Crippen molar-refractivity contribution < 1.29 is 14.3 Å². The Labute approximate surface area is 207 Å². The maximum absolute atomic E-state index is 13.2. The third kappa shape index (κ3) is 4.57. The molecular formula is C27H24N4O3S. The van der Waals surface area contributed by atoms with E-state index >= 15 is 0 Å². The van der Waals surface area contributed by atoms with Gasteiger partial charge in [-0.1, -0.05) is 72.4 Å². The van der Waals surface area contributed by atoms with E-state index in [1.807, 2.05) is 60.7 Å². The number of hydrazone groups is 1. The summed E-state index contributed by atoms with van der Waals surface area (Å²) in [5, 5.41) is 14.8. The van der Waals surface area contributed by atoms with Crippen LogP contribution in [0, 0.1) is 5.41 Å². The zero-order valence-corrected chi connectivity index (χ0v) is 19.9. The molecule has 5 rings (SSSR count). The van der Waals surface area contributed by atoms with Gasteiger partial charge in [0.25, 0.3) is 0 Å². The smallest absolute Gasteiger partial charge is 0.247 e. The van der Waals surface area contributed by atoms with Crippen LogP contribution in [0.3, 0.4) is 0 Å². The lowest BCUT2D eigenvalue weighted by atomic mass is 9.99. The molecule has 3 aromatic rings. The predicted molar refractivity (Wildman–Crippen MR) is 138 cm³/mol. The van der Waals surface area contributed by atoms with Crippen LogP contribution in [0.4, 0.5) is 5.69 Å². The third-order valence-corrected chi connectivity index (χ3v) is 7.16. The Morgan fingerprint density at radius 1 is 0.943 bits per heavy atom. The maximum atomic E-state index is 13.2. The first-order valence-corrected chi connectivity index (χ1v) is 12.2. The Morgan fingerprint density at radius 2 is 1.60 bits per heavy atom. The van der Waals surface area contributed by atoms with Crippen molar-refractivity contribution in [3.63, 3.8) is 0 Å². The number of rotatable bonds is 5. The summed E-state index contributed by atoms with van der Waals surface area (Å²) < 4.78 is 5.16. The molecule has 1 N–H and O–H groups in total. The van der Waals surface area contributed by atoms with Crippen molar-refractivity contribution in [2.45, 2.75) is 24.1 Å². The van der Waals surface area contributed by atoms with Crippen molar-refractivity contribution in [3.8, 4) is 5.75 Å². The molecule has 3 aromatic carbocycles. The minimum absolute atomic E-state index is 0.0387. The zero-order chi connectivity index (χ0) is 24.4. The van der Waals surface area contributed by atoms with Gasteiger partial charge in [0.05, 0.1) is 24.6 Å². The van der Waals surface area contributed by atoms with E-state index in [1.165, 1.54) is 4.90 Å². The second-order valence-electron chi connectivity index (χ2n) is 8.27. The van der Waals surface area contributed by atoms with Crippen molar-refractivity contribution >= 4 is 40.1 Å². The van der Waals surface area contributed by atoms with E-state index in [9.17, 15) is 9.59 Å². The molecular weight excluding hydrogens is 460 g/mol. The van der Waals surface area contributed by atoms with E-state index in [2.05, 4.69) is 0 Å². The summed E-state index contributed by atoms with van der Waals surface area (Å²) in [4.78, 5) is 27.1. The molecule has 0 radical (unpaired) electrons. The number of thioether (sulfide) groups is 1. The normalized spacial score (nSPS) is 19.7. The number of imide groups is 1. The van der Waals surface area contributed by atoms with Crippen LogP contribution in [-0.4, -0.2) is 40.1 Å². The van der Waals surface area contributed by atoms with Crippen LogP contribution >= 0.6 is 11.8 Å². The van der Waals surface area contributed by atoms with Crippen LogP contribution in [0.5, 0.6) is 5.75 Å². The number of methoxy groups -OCH3 is 1. The topological polar surface area (TPSA) is 86.1 Å². The van der Waals surface area contributed by atoms with Crippen LogP contribution in [0.25, 0.3) is 0 Å². The van der Waals surface area contributed by atoms with Crippen molar-refractivity contribution in [1.82, 2.24) is 5.01 Å². The fourth-order valence-electron chi connectivity index (χ4n) is 4.32. The molecule has 2 heterocycles. The molecule has 2 unspecified atom stereocenters. The first-order chi connectivity index (χ1) is 17.0. The standard InChI is InChI=1S/C27H24N4O3S/c1-34-21-14-12-20(13-15-21)30-25(32)17-24(26(30)33)35-27(28)31-23(19-10-6-3-7-11-19)16-22(29-31)18-8-4-2-5-9-18/h2-15,23-24,28H,16-17H2,1H3. The summed E-state index contributed by atoms with van der Waals surface area (Å²) in [6.07, 6.45) is 0.684. The van der Waals surface area contributed by atoms with Gasteiger partial charge in [0, 0.05) is 12.8 Å². The number of hydrogen-bond acceptors (Lipinski definition) is 6. The number of amides is 2. The third-order valence-electron chi connectivity index (χ3n) is 6.10. The van der Waals surface area contributed by atoms with Gasteiger partial charge >= 0.3 is 0 Å². The molecule has 2 aliphatic heterocycles. The van der Waals surface area contributed by atoms with Crippen molar-refractivity contribution in [2.75, 3.05) is 12.0 Å². The monoisotopic (exact) mass is 484 g/mol. The highest BCUT2D eigenvalue weighted by molar-refractivity contribution is 8.14. The lowest BCUT2D eigenvalue weighted by Crippen LogP contribution is -2.32. The summed E-state index contributed by atoms with van der Waals surface area (Å²) in [7, 11) is 1.56. The number of benzene rings is 3. The molecule has 7 nitrogen and oxygen atoms in total. The molecule has 0 aliphatic carbocycles. The molecule has 0 saturated carbocycles. The summed E-state index contributed by atoms with van der Waals surface area (Å²) >= 11 is 1.08. The van der Waals surface area contributed by atoms with Crippen molar-refractivity contribution in [1.29, 1.82) is 5.41 Å². The Hall–Kier alpha value is -3.91. The lowest BCUT2D eigenvalue weighted by Gasteiger charge is -2.24. The van der Waals surface area contributed by atoms with Gasteiger partial charge in [-0.3, -0.25) is 15.0 Å². The van der Waals surface area contributed by atoms with Gasteiger partial charge in [-0.05, 0) is 35.4 Å². The highest BCUT2D eigenvalue weighted by Crippen LogP contribution is 2.37. The first kappa shape index (κ1) is 22.9. The molecule has 35 heavy (non-hydrogen) atoms. The average molecular weight is 485 g/mol. The number of carbonyl (C=O) groups excluding carboxylic acids is 2. The summed E-state index contributed by atoms with van der Waals surface area (Å²) in [6, 6.07) is 26.5. The average Bonchev–Trinajstić information content (AvgIpc) is 3.46. The molecule has 0 aromatic heterocycles. The number of ether oxygens (including phenoxy) is 1. The van der Waals surface area contributed by atoms with E-state index in [4.69, 9.17) is 15.2 Å². The number of nitrogens with one attached hydrogen (secondary N) is 1. The molecule has 0 spiro atoms. The largest absolute Gasteiger partial charge is 0.497 e. The SMILES string of the molecule is COc1ccc(N2C(=O)CC(SC(=N)N3N=C(c4ccccc4)CC3c3ccccc3)C2=O)cc1. The van der Waals surface area contributed by atoms with E-state index in [0.29, 0.717) is 17.9 Å². The number of anilines is 1. The molecule has 8 heteroatoms. The van der Waals surface area contributed by atoms with Crippen LogP contribution in [0.15, 0.2) is 90.0 Å². The summed E-state index contributed by atoms with van der Waals surface area (Å²) in [5.41, 5.74) is 3.44. The Morgan fingerprint density at radius 3 is 2.26 bits per heavy atom. The molecule has 0 bridgehead atoms. The van der Waals surface area contributed by atoms with Crippen LogP contribution in [-0.2, 0) is 9.59 Å². The number of hydrogen-bond donors (Lipinski definition) is 1. The second-order valence-corrected chi connectivity index (χ2v) is 9.46. The fraction of sp³-hybridized carbons (Fsp3) is 0.185. The summed E-state index contributed by atoms with van der Waals surface area (Å²) in [6.45, 7) is 0. The van der Waals surface area contributed by atoms with Crippen molar-refractivity contribution in [2.24, 2.45) is 5.10 Å². The Kier molecular flexibility index (Phi) is 6.37. The Bertz CT molecular complexity index is 1280. The summed E-state index contributed by atoms with van der Waals surface area (Å²) in [5.74, 6) is 0.0474. The van der Waals surface area contributed by atoms with Gasteiger partial charge in [0.2, 0.25) is 11.8 Å². The molecule has 1 fully saturated rings. The van der Waals surface area contributed by atoms with Gasteiger partial charge in [0.1, 0.15) is 11.0 Å². The minimum atomic E-state index is -0.676. The van der Waals surface area contributed by atoms with Gasteiger partial charge in [0.15, 0.2) is 5.17 Å². The zero-order valence-electron chi connectivity index (χ0n) is 19.1. The van der Waals surface area contributed by atoms with Crippen LogP contribution < -0.4 is 9.64 Å². The molecule has 2 aliphatic rings. The number of amidine groups is 1. The van der Waals surface area contributed by atoms with Crippen molar-refractivity contribution in [3.05, 3.63) is 96.1 Å². The lowest BCUT2D eigenvalue weighted by molar-refractivity contribution is -0.121. The number of nitrogens with zero attached hydrogens (tertiary/aromatic N) is 3. The van der Waals surface area contributed by atoms with E-state index < -0.39 is 5.25 Å². The van der Waals surface area contributed by atoms with Gasteiger partial charge in [-0.25, -0.2) is 9.91 Å². The second kappa shape index (κ2) is 9.76. The molecule has 2 amide bonds. The highest BCUT2D eigenvalue weighted by Gasteiger charge is 2.42. The van der Waals surface area contributed by atoms with E-state index in [0.717, 1.165) is 28.6 Å². The van der Waals surface area contributed by atoms with Gasteiger partial charge in [-0.2, -0.15) is 5.10 Å². The molecule has 176 valence electrons. The fourth-order valence-corrected chi connectivity index (χ4v) is 5.30. The number of carbonyl (C=O) groups is 2. The van der Waals surface area contributed by atoms with E-state index in [1.54, 1.807) is 36.4 Å².